The molecular weight excluding hydrogens is 304 g/mol. The van der Waals surface area contributed by atoms with Crippen LogP contribution in [0.25, 0.3) is 0 Å². The number of anilines is 2. The van der Waals surface area contributed by atoms with E-state index in [0.717, 1.165) is 5.69 Å². The van der Waals surface area contributed by atoms with Gasteiger partial charge in [-0.25, -0.2) is 9.97 Å². The normalized spacial score (nSPS) is 14.7. The van der Waals surface area contributed by atoms with Crippen LogP contribution >= 0.6 is 0 Å². The molecule has 1 N–H and O–H groups in total. The second-order valence-corrected chi connectivity index (χ2v) is 6.04. The number of nitrogens with zero attached hydrogens (tertiary/aromatic N) is 3. The lowest BCUT2D eigenvalue weighted by atomic mass is 10.0. The molecule has 0 atom stereocenters. The Bertz CT molecular complexity index is 712. The molecule has 0 spiro atoms. The molecule has 0 saturated carbocycles. The van der Waals surface area contributed by atoms with Crippen molar-refractivity contribution in [1.29, 1.82) is 0 Å². The number of morpholine rings is 1. The van der Waals surface area contributed by atoms with Gasteiger partial charge in [0.2, 0.25) is 5.95 Å². The Morgan fingerprint density at radius 3 is 2.71 bits per heavy atom. The number of carbonyl (C=O) groups is 1. The van der Waals surface area contributed by atoms with Crippen LogP contribution in [-0.4, -0.2) is 47.1 Å². The number of nitrogens with one attached hydrogen (secondary N) is 1. The van der Waals surface area contributed by atoms with Gasteiger partial charge in [0.25, 0.3) is 5.91 Å². The number of benzene rings is 1. The zero-order valence-electron chi connectivity index (χ0n) is 14.0. The minimum absolute atomic E-state index is 0.0825. The van der Waals surface area contributed by atoms with Gasteiger partial charge in [0.05, 0.1) is 13.2 Å². The summed E-state index contributed by atoms with van der Waals surface area (Å²) in [6, 6.07) is 9.71. The van der Waals surface area contributed by atoms with Gasteiger partial charge in [-0.15, -0.1) is 0 Å². The lowest BCUT2D eigenvalue weighted by Crippen LogP contribution is -2.41. The predicted molar refractivity (Wildman–Crippen MR) is 92.6 cm³/mol. The summed E-state index contributed by atoms with van der Waals surface area (Å²) in [7, 11) is 0. The zero-order valence-corrected chi connectivity index (χ0v) is 14.0. The molecule has 24 heavy (non-hydrogen) atoms. The number of rotatable bonds is 4. The number of ether oxygens (including phenoxy) is 1. The van der Waals surface area contributed by atoms with E-state index in [4.69, 9.17) is 4.74 Å². The number of aromatic nitrogens is 2. The van der Waals surface area contributed by atoms with E-state index in [2.05, 4.69) is 35.2 Å². The van der Waals surface area contributed by atoms with Crippen molar-refractivity contribution >= 4 is 17.5 Å². The highest BCUT2D eigenvalue weighted by Crippen LogP contribution is 2.25. The average Bonchev–Trinajstić information content (AvgIpc) is 2.62. The first-order valence-corrected chi connectivity index (χ1v) is 8.21. The third-order valence-electron chi connectivity index (χ3n) is 4.00. The van der Waals surface area contributed by atoms with Crippen LogP contribution in [0.2, 0.25) is 0 Å². The molecule has 1 aliphatic heterocycles. The average molecular weight is 326 g/mol. The highest BCUT2D eigenvalue weighted by Gasteiger charge is 2.20. The molecule has 126 valence electrons. The Morgan fingerprint density at radius 1 is 1.21 bits per heavy atom. The first-order valence-electron chi connectivity index (χ1n) is 8.21. The van der Waals surface area contributed by atoms with Gasteiger partial charge >= 0.3 is 0 Å². The van der Waals surface area contributed by atoms with Gasteiger partial charge in [0.1, 0.15) is 5.69 Å². The van der Waals surface area contributed by atoms with Crippen molar-refractivity contribution < 1.29 is 9.53 Å². The van der Waals surface area contributed by atoms with E-state index in [-0.39, 0.29) is 5.91 Å². The maximum Gasteiger partial charge on any atom is 0.272 e. The zero-order chi connectivity index (χ0) is 16.9. The summed E-state index contributed by atoms with van der Waals surface area (Å²) >= 11 is 0. The maximum absolute atomic E-state index is 12.5. The molecule has 0 radical (unpaired) electrons. The van der Waals surface area contributed by atoms with Crippen molar-refractivity contribution in [3.63, 3.8) is 0 Å². The van der Waals surface area contributed by atoms with Crippen LogP contribution < -0.4 is 5.32 Å². The van der Waals surface area contributed by atoms with E-state index in [1.54, 1.807) is 17.2 Å². The molecule has 1 amide bonds. The van der Waals surface area contributed by atoms with Crippen molar-refractivity contribution in [2.24, 2.45) is 0 Å². The molecule has 1 saturated heterocycles. The van der Waals surface area contributed by atoms with Gasteiger partial charge in [0, 0.05) is 25.0 Å². The minimum Gasteiger partial charge on any atom is -0.378 e. The maximum atomic E-state index is 12.5. The quantitative estimate of drug-likeness (QED) is 0.936. The van der Waals surface area contributed by atoms with Crippen molar-refractivity contribution in [1.82, 2.24) is 14.9 Å². The third kappa shape index (κ3) is 3.71. The summed E-state index contributed by atoms with van der Waals surface area (Å²) in [6.07, 6.45) is 1.61. The van der Waals surface area contributed by atoms with Crippen molar-refractivity contribution in [2.45, 2.75) is 19.8 Å². The van der Waals surface area contributed by atoms with E-state index in [9.17, 15) is 4.79 Å². The Kier molecular flexibility index (Phi) is 5.05. The van der Waals surface area contributed by atoms with Crippen LogP contribution in [0.5, 0.6) is 0 Å². The molecule has 2 aromatic rings. The summed E-state index contributed by atoms with van der Waals surface area (Å²) in [6.45, 7) is 6.62. The van der Waals surface area contributed by atoms with Crippen LogP contribution in [0.4, 0.5) is 11.6 Å². The number of amides is 1. The van der Waals surface area contributed by atoms with Crippen LogP contribution in [0.3, 0.4) is 0 Å². The van der Waals surface area contributed by atoms with Crippen LogP contribution in [0, 0.1) is 0 Å². The first kappa shape index (κ1) is 16.4. The third-order valence-corrected chi connectivity index (χ3v) is 4.00. The smallest absolute Gasteiger partial charge is 0.272 e. The molecule has 1 fully saturated rings. The molecule has 0 bridgehead atoms. The van der Waals surface area contributed by atoms with E-state index >= 15 is 0 Å². The Labute approximate surface area is 141 Å². The fraction of sp³-hybridized carbons (Fsp3) is 0.389. The second kappa shape index (κ2) is 7.40. The summed E-state index contributed by atoms with van der Waals surface area (Å²) in [5.74, 6) is 0.731. The molecule has 1 aromatic heterocycles. The first-order chi connectivity index (χ1) is 11.6. The summed E-state index contributed by atoms with van der Waals surface area (Å²) in [4.78, 5) is 22.9. The molecule has 6 heteroatoms. The van der Waals surface area contributed by atoms with Crippen LogP contribution in [0.15, 0.2) is 36.5 Å². The molecule has 1 aliphatic rings. The van der Waals surface area contributed by atoms with Crippen molar-refractivity contribution in [3.05, 3.63) is 47.8 Å². The van der Waals surface area contributed by atoms with Gasteiger partial charge in [-0.05, 0) is 23.6 Å². The van der Waals surface area contributed by atoms with E-state index in [1.165, 1.54) is 5.56 Å². The molecule has 2 heterocycles. The monoisotopic (exact) mass is 326 g/mol. The predicted octanol–water partition coefficient (Wildman–Crippen LogP) is 2.82. The molecule has 1 aromatic carbocycles. The van der Waals surface area contributed by atoms with Crippen LogP contribution in [0.1, 0.15) is 35.8 Å². The van der Waals surface area contributed by atoms with Crippen molar-refractivity contribution in [2.75, 3.05) is 31.6 Å². The summed E-state index contributed by atoms with van der Waals surface area (Å²) < 4.78 is 5.29. The van der Waals surface area contributed by atoms with E-state index in [1.807, 2.05) is 18.2 Å². The van der Waals surface area contributed by atoms with Gasteiger partial charge in [-0.2, -0.15) is 0 Å². The number of hydrogen-bond acceptors (Lipinski definition) is 5. The van der Waals surface area contributed by atoms with Gasteiger partial charge in [0.15, 0.2) is 0 Å². The summed E-state index contributed by atoms with van der Waals surface area (Å²) in [5.41, 5.74) is 2.55. The number of para-hydroxylation sites is 1. The Balaban J connectivity index is 1.80. The number of carbonyl (C=O) groups excluding carboxylic acids is 1. The van der Waals surface area contributed by atoms with Crippen molar-refractivity contribution in [3.8, 4) is 0 Å². The topological polar surface area (TPSA) is 67.4 Å². The van der Waals surface area contributed by atoms with Crippen LogP contribution in [-0.2, 0) is 4.74 Å². The highest BCUT2D eigenvalue weighted by molar-refractivity contribution is 5.92. The Morgan fingerprint density at radius 2 is 1.96 bits per heavy atom. The molecular formula is C18H22N4O2. The fourth-order valence-corrected chi connectivity index (χ4v) is 2.70. The molecule has 0 aliphatic carbocycles. The number of hydrogen-bond donors (Lipinski definition) is 1. The Hall–Kier alpha value is -2.47. The molecule has 3 rings (SSSR count). The highest BCUT2D eigenvalue weighted by atomic mass is 16.5. The largest absolute Gasteiger partial charge is 0.378 e. The fourth-order valence-electron chi connectivity index (χ4n) is 2.70. The van der Waals surface area contributed by atoms with E-state index < -0.39 is 0 Å². The summed E-state index contributed by atoms with van der Waals surface area (Å²) in [5, 5.41) is 3.23. The molecule has 0 unspecified atom stereocenters. The standard InChI is InChI=1S/C18H22N4O2/c1-13(2)14-5-3-4-6-15(14)20-18-19-8-7-16(21-18)17(23)22-9-11-24-12-10-22/h3-8,13H,9-12H2,1-2H3,(H,19,20,21). The minimum atomic E-state index is -0.0825. The lowest BCUT2D eigenvalue weighted by molar-refractivity contribution is 0.0299. The van der Waals surface area contributed by atoms with Gasteiger partial charge in [-0.1, -0.05) is 32.0 Å². The second-order valence-electron chi connectivity index (χ2n) is 6.04. The molecule has 6 nitrogen and oxygen atoms in total. The SMILES string of the molecule is CC(C)c1ccccc1Nc1nccc(C(=O)N2CCOCC2)n1. The lowest BCUT2D eigenvalue weighted by Gasteiger charge is -2.26. The van der Waals surface area contributed by atoms with Gasteiger partial charge in [-0.3, -0.25) is 4.79 Å². The van der Waals surface area contributed by atoms with Gasteiger partial charge < -0.3 is 15.0 Å². The van der Waals surface area contributed by atoms with E-state index in [0.29, 0.717) is 43.9 Å².